The molecule has 0 radical (unpaired) electrons. The molecule has 3 N–H and O–H groups in total. The fraction of sp³-hybridized carbons (Fsp3) is 0.842. The summed E-state index contributed by atoms with van der Waals surface area (Å²) in [7, 11) is 5.06. The zero-order valence-electron chi connectivity index (χ0n) is 18.5. The molecule has 0 saturated heterocycles. The lowest BCUT2D eigenvalue weighted by atomic mass is 9.91. The number of hydrogen-bond acceptors (Lipinski definition) is 5. The number of aliphatic imine (C=N–C) groups is 1. The second-order valence-corrected chi connectivity index (χ2v) is 8.21. The Morgan fingerprint density at radius 1 is 1.07 bits per heavy atom. The standard InChI is InChI=1S/C19H37N5O4.HI/c1-19(2,3)28-18(26)23-15-9-7-14(8-10-15)22-17(20-11-12-27-6)21-13-16(25)24(4)5;/h14-15H,7-13H2,1-6H3,(H,23,26)(H2,20,21,22);1H. The minimum absolute atomic E-state index is 0. The van der Waals surface area contributed by atoms with E-state index in [1.165, 1.54) is 4.90 Å². The smallest absolute Gasteiger partial charge is 0.407 e. The van der Waals surface area contributed by atoms with Crippen molar-refractivity contribution in [2.24, 2.45) is 4.99 Å². The highest BCUT2D eigenvalue weighted by atomic mass is 127. The number of alkyl carbamates (subject to hydrolysis) is 1. The number of methoxy groups -OCH3 is 1. The summed E-state index contributed by atoms with van der Waals surface area (Å²) in [6.07, 6.45) is 3.15. The van der Waals surface area contributed by atoms with Crippen molar-refractivity contribution >= 4 is 41.9 Å². The van der Waals surface area contributed by atoms with E-state index >= 15 is 0 Å². The van der Waals surface area contributed by atoms with Gasteiger partial charge < -0.3 is 30.3 Å². The van der Waals surface area contributed by atoms with E-state index in [1.54, 1.807) is 21.2 Å². The summed E-state index contributed by atoms with van der Waals surface area (Å²) in [6, 6.07) is 0.352. The monoisotopic (exact) mass is 527 g/mol. The Bertz CT molecular complexity index is 529. The van der Waals surface area contributed by atoms with Crippen molar-refractivity contribution in [2.75, 3.05) is 40.9 Å². The fourth-order valence-corrected chi connectivity index (χ4v) is 2.76. The Labute approximate surface area is 191 Å². The van der Waals surface area contributed by atoms with Gasteiger partial charge in [0.2, 0.25) is 5.91 Å². The molecule has 10 heteroatoms. The summed E-state index contributed by atoms with van der Waals surface area (Å²) >= 11 is 0. The summed E-state index contributed by atoms with van der Waals surface area (Å²) in [6.45, 7) is 6.80. The minimum Gasteiger partial charge on any atom is -0.444 e. The molecule has 0 bridgehead atoms. The van der Waals surface area contributed by atoms with Gasteiger partial charge in [0, 0.05) is 39.8 Å². The second-order valence-electron chi connectivity index (χ2n) is 8.21. The van der Waals surface area contributed by atoms with E-state index in [1.807, 2.05) is 20.8 Å². The van der Waals surface area contributed by atoms with Gasteiger partial charge in [-0.3, -0.25) is 4.79 Å². The lowest BCUT2D eigenvalue weighted by Crippen LogP contribution is -2.48. The average Bonchev–Trinajstić information content (AvgIpc) is 2.59. The van der Waals surface area contributed by atoms with Crippen LogP contribution in [-0.2, 0) is 14.3 Å². The number of amides is 2. The molecule has 0 aromatic carbocycles. The maximum Gasteiger partial charge on any atom is 0.407 e. The number of ether oxygens (including phenoxy) is 2. The highest BCUT2D eigenvalue weighted by Crippen LogP contribution is 2.19. The number of carbonyl (C=O) groups is 2. The van der Waals surface area contributed by atoms with Crippen LogP contribution in [0.25, 0.3) is 0 Å². The first-order valence-corrected chi connectivity index (χ1v) is 9.84. The Balaban J connectivity index is 0.00000784. The van der Waals surface area contributed by atoms with Gasteiger partial charge in [-0.1, -0.05) is 0 Å². The Morgan fingerprint density at radius 3 is 2.10 bits per heavy atom. The first-order valence-electron chi connectivity index (χ1n) is 9.84. The molecule has 1 aliphatic rings. The summed E-state index contributed by atoms with van der Waals surface area (Å²) in [5.74, 6) is 0.550. The summed E-state index contributed by atoms with van der Waals surface area (Å²) in [4.78, 5) is 29.6. The van der Waals surface area contributed by atoms with E-state index in [2.05, 4.69) is 20.9 Å². The van der Waals surface area contributed by atoms with Gasteiger partial charge in [0.15, 0.2) is 5.96 Å². The summed E-state index contributed by atoms with van der Waals surface area (Å²) in [5.41, 5.74) is -0.494. The van der Waals surface area contributed by atoms with Gasteiger partial charge in [0.1, 0.15) is 12.1 Å². The van der Waals surface area contributed by atoms with Crippen LogP contribution >= 0.6 is 24.0 Å². The van der Waals surface area contributed by atoms with Crippen molar-refractivity contribution in [1.29, 1.82) is 0 Å². The third-order valence-electron chi connectivity index (χ3n) is 4.26. The molecule has 0 aliphatic heterocycles. The maximum absolute atomic E-state index is 11.9. The van der Waals surface area contributed by atoms with Gasteiger partial charge >= 0.3 is 6.09 Å². The van der Waals surface area contributed by atoms with Crippen molar-refractivity contribution in [2.45, 2.75) is 64.1 Å². The molecular formula is C19H38IN5O4. The fourth-order valence-electron chi connectivity index (χ4n) is 2.76. The van der Waals surface area contributed by atoms with Crippen molar-refractivity contribution in [3.63, 3.8) is 0 Å². The van der Waals surface area contributed by atoms with Crippen molar-refractivity contribution in [3.8, 4) is 0 Å². The Kier molecular flexibility index (Phi) is 13.2. The van der Waals surface area contributed by atoms with Crippen LogP contribution in [-0.4, -0.2) is 81.4 Å². The number of carbonyl (C=O) groups excluding carboxylic acids is 2. The van der Waals surface area contributed by atoms with Gasteiger partial charge in [-0.05, 0) is 46.5 Å². The zero-order chi connectivity index (χ0) is 21.2. The number of likely N-dealkylation sites (N-methyl/N-ethyl adjacent to an activating group) is 1. The van der Waals surface area contributed by atoms with Gasteiger partial charge in [-0.25, -0.2) is 9.79 Å². The van der Waals surface area contributed by atoms with Crippen molar-refractivity contribution in [1.82, 2.24) is 20.9 Å². The molecule has 1 fully saturated rings. The Hall–Kier alpha value is -1.30. The van der Waals surface area contributed by atoms with Gasteiger partial charge in [0.05, 0.1) is 6.61 Å². The minimum atomic E-state index is -0.494. The molecule has 9 nitrogen and oxygen atoms in total. The third-order valence-corrected chi connectivity index (χ3v) is 4.26. The van der Waals surface area contributed by atoms with E-state index in [0.717, 1.165) is 25.7 Å². The molecule has 0 heterocycles. The molecule has 0 aromatic heterocycles. The molecule has 1 rings (SSSR count). The van der Waals surface area contributed by atoms with Crippen molar-refractivity contribution < 1.29 is 19.1 Å². The zero-order valence-corrected chi connectivity index (χ0v) is 20.9. The molecule has 0 atom stereocenters. The molecule has 1 saturated carbocycles. The third kappa shape index (κ3) is 12.8. The van der Waals surface area contributed by atoms with Crippen molar-refractivity contribution in [3.05, 3.63) is 0 Å². The average molecular weight is 527 g/mol. The lowest BCUT2D eigenvalue weighted by molar-refractivity contribution is -0.127. The van der Waals surface area contributed by atoms with Crippen LogP contribution in [0.4, 0.5) is 4.79 Å². The number of rotatable bonds is 7. The second kappa shape index (κ2) is 13.8. The Morgan fingerprint density at radius 2 is 1.62 bits per heavy atom. The first-order chi connectivity index (χ1) is 13.1. The van der Waals surface area contributed by atoms with Crippen LogP contribution in [0.2, 0.25) is 0 Å². The summed E-state index contributed by atoms with van der Waals surface area (Å²) < 4.78 is 10.4. The SMILES string of the molecule is COCCNC(=NCC(=O)N(C)C)NC1CCC(NC(=O)OC(C)(C)C)CC1.I. The molecule has 0 unspecified atom stereocenters. The van der Waals surface area contributed by atoms with E-state index in [-0.39, 0.29) is 54.6 Å². The molecule has 170 valence electrons. The van der Waals surface area contributed by atoms with Crippen LogP contribution < -0.4 is 16.0 Å². The summed E-state index contributed by atoms with van der Waals surface area (Å²) in [5, 5.41) is 9.52. The van der Waals surface area contributed by atoms with Crippen LogP contribution in [0.3, 0.4) is 0 Å². The van der Waals surface area contributed by atoms with Crippen LogP contribution in [0.15, 0.2) is 4.99 Å². The van der Waals surface area contributed by atoms with Gasteiger partial charge in [-0.15, -0.1) is 24.0 Å². The molecule has 0 spiro atoms. The molecule has 1 aliphatic carbocycles. The number of nitrogens with one attached hydrogen (secondary N) is 3. The number of nitrogens with zero attached hydrogens (tertiary/aromatic N) is 2. The molecule has 2 amide bonds. The van der Waals surface area contributed by atoms with E-state index in [0.29, 0.717) is 19.1 Å². The first kappa shape index (κ1) is 27.7. The number of halogens is 1. The van der Waals surface area contributed by atoms with Crippen LogP contribution in [0.5, 0.6) is 0 Å². The lowest BCUT2D eigenvalue weighted by Gasteiger charge is -2.31. The molecule has 29 heavy (non-hydrogen) atoms. The van der Waals surface area contributed by atoms with Gasteiger partial charge in [0.25, 0.3) is 0 Å². The van der Waals surface area contributed by atoms with Gasteiger partial charge in [-0.2, -0.15) is 0 Å². The van der Waals surface area contributed by atoms with E-state index in [9.17, 15) is 9.59 Å². The quantitative estimate of drug-likeness (QED) is 0.202. The highest BCUT2D eigenvalue weighted by Gasteiger charge is 2.25. The number of hydrogen-bond donors (Lipinski definition) is 3. The maximum atomic E-state index is 11.9. The topological polar surface area (TPSA) is 104 Å². The number of guanidine groups is 1. The molecule has 0 aromatic rings. The highest BCUT2D eigenvalue weighted by molar-refractivity contribution is 14.0. The predicted molar refractivity (Wildman–Crippen MR) is 125 cm³/mol. The van der Waals surface area contributed by atoms with Crippen LogP contribution in [0, 0.1) is 0 Å². The molecular weight excluding hydrogens is 489 g/mol. The van der Waals surface area contributed by atoms with E-state index < -0.39 is 5.60 Å². The largest absolute Gasteiger partial charge is 0.444 e. The van der Waals surface area contributed by atoms with E-state index in [4.69, 9.17) is 9.47 Å². The van der Waals surface area contributed by atoms with Crippen LogP contribution in [0.1, 0.15) is 46.5 Å². The normalized spacial score (nSPS) is 19.6. The predicted octanol–water partition coefficient (Wildman–Crippen LogP) is 1.71.